The number of unbranched alkanes of at least 4 members (excludes halogenated alkanes) is 9. The van der Waals surface area contributed by atoms with Crippen molar-refractivity contribution >= 4 is 0 Å². The van der Waals surface area contributed by atoms with Crippen LogP contribution < -0.4 is 0 Å². The molecule has 1 radical (unpaired) electrons. The van der Waals surface area contributed by atoms with Gasteiger partial charge in [-0.2, -0.15) is 0 Å². The Morgan fingerprint density at radius 3 is 1.71 bits per heavy atom. The fourth-order valence-electron chi connectivity index (χ4n) is 2.19. The molecule has 0 saturated heterocycles. The van der Waals surface area contributed by atoms with E-state index in [0.29, 0.717) is 0 Å². The van der Waals surface area contributed by atoms with Gasteiger partial charge >= 0.3 is 0 Å². The highest BCUT2D eigenvalue weighted by Gasteiger charge is 1.96. The molecule has 0 heterocycles. The lowest BCUT2D eigenvalue weighted by molar-refractivity contribution is 0.592. The minimum absolute atomic E-state index is 1.10. The summed E-state index contributed by atoms with van der Waals surface area (Å²) in [7, 11) is 0. The molecule has 0 unspecified atom stereocenters. The summed E-state index contributed by atoms with van der Waals surface area (Å²) < 4.78 is 0. The maximum Gasteiger partial charge on any atom is -0.0323 e. The largest absolute Gasteiger partial charge is 0.0999 e. The van der Waals surface area contributed by atoms with Crippen LogP contribution in [0.3, 0.4) is 0 Å². The monoisotopic (exact) mass is 237 g/mol. The molecule has 0 aromatic heterocycles. The molecule has 0 N–H and O–H groups in total. The zero-order chi connectivity index (χ0) is 12.8. The Labute approximate surface area is 110 Å². The highest BCUT2D eigenvalue weighted by Crippen LogP contribution is 2.16. The van der Waals surface area contributed by atoms with Gasteiger partial charge in [-0.15, -0.1) is 0 Å². The second kappa shape index (κ2) is 13.8. The Bertz CT molecular complexity index is 157. The molecule has 0 atom stereocenters. The summed E-state index contributed by atoms with van der Waals surface area (Å²) in [6.45, 7) is 10.3. The molecule has 0 spiro atoms. The van der Waals surface area contributed by atoms with Crippen LogP contribution in [-0.4, -0.2) is 0 Å². The summed E-state index contributed by atoms with van der Waals surface area (Å²) in [5.41, 5.74) is 1.48. The molecular weight excluding hydrogens is 204 g/mol. The molecule has 0 aliphatic carbocycles. The molecular formula is C17H33. The molecule has 0 rings (SSSR count). The molecule has 0 bridgehead atoms. The Morgan fingerprint density at radius 2 is 1.18 bits per heavy atom. The standard InChI is InChI=1S/C17H33/c1-4-6-8-10-12-14-16-17(3)15-13-11-9-7-5-2/h2-16H2,1H3. The zero-order valence-electron chi connectivity index (χ0n) is 12.1. The average molecular weight is 237 g/mol. The smallest absolute Gasteiger partial charge is 0.0323 e. The Balaban J connectivity index is 3.12. The number of allylic oxidation sites excluding steroid dienone is 1. The van der Waals surface area contributed by atoms with Gasteiger partial charge in [-0.25, -0.2) is 0 Å². The Hall–Kier alpha value is -0.260. The molecule has 0 nitrogen and oxygen atoms in total. The highest BCUT2D eigenvalue weighted by molar-refractivity contribution is 4.93. The van der Waals surface area contributed by atoms with Gasteiger partial charge in [-0.05, 0) is 25.7 Å². The maximum absolute atomic E-state index is 4.19. The van der Waals surface area contributed by atoms with Crippen molar-refractivity contribution in [2.75, 3.05) is 0 Å². The van der Waals surface area contributed by atoms with Gasteiger partial charge < -0.3 is 0 Å². The van der Waals surface area contributed by atoms with E-state index in [-0.39, 0.29) is 0 Å². The van der Waals surface area contributed by atoms with Crippen molar-refractivity contribution in [3.05, 3.63) is 19.1 Å². The van der Waals surface area contributed by atoms with E-state index in [1.807, 2.05) is 0 Å². The van der Waals surface area contributed by atoms with Crippen molar-refractivity contribution in [1.29, 1.82) is 0 Å². The summed E-state index contributed by atoms with van der Waals surface area (Å²) in [4.78, 5) is 0. The predicted molar refractivity (Wildman–Crippen MR) is 80.2 cm³/mol. The minimum atomic E-state index is 1.10. The summed E-state index contributed by atoms with van der Waals surface area (Å²) in [5.74, 6) is 0. The molecule has 0 aromatic rings. The fourth-order valence-corrected chi connectivity index (χ4v) is 2.19. The normalized spacial score (nSPS) is 10.7. The van der Waals surface area contributed by atoms with Crippen molar-refractivity contribution in [2.24, 2.45) is 0 Å². The zero-order valence-corrected chi connectivity index (χ0v) is 12.1. The van der Waals surface area contributed by atoms with E-state index in [4.69, 9.17) is 0 Å². The van der Waals surface area contributed by atoms with E-state index < -0.39 is 0 Å². The summed E-state index contributed by atoms with van der Waals surface area (Å²) >= 11 is 0. The summed E-state index contributed by atoms with van der Waals surface area (Å²) in [6, 6.07) is 0. The Morgan fingerprint density at radius 1 is 0.706 bits per heavy atom. The van der Waals surface area contributed by atoms with Crippen LogP contribution in [0.5, 0.6) is 0 Å². The van der Waals surface area contributed by atoms with Crippen molar-refractivity contribution in [2.45, 2.75) is 90.4 Å². The van der Waals surface area contributed by atoms with Gasteiger partial charge in [0.2, 0.25) is 0 Å². The van der Waals surface area contributed by atoms with E-state index in [9.17, 15) is 0 Å². The molecule has 0 aliphatic rings. The van der Waals surface area contributed by atoms with Crippen LogP contribution >= 0.6 is 0 Å². The van der Waals surface area contributed by atoms with Crippen LogP contribution in [0, 0.1) is 6.92 Å². The first-order chi connectivity index (χ1) is 8.31. The second-order valence-electron chi connectivity index (χ2n) is 5.29. The van der Waals surface area contributed by atoms with Crippen molar-refractivity contribution < 1.29 is 0 Å². The predicted octanol–water partition coefficient (Wildman–Crippen LogP) is 6.47. The van der Waals surface area contributed by atoms with E-state index in [1.54, 1.807) is 0 Å². The summed E-state index contributed by atoms with van der Waals surface area (Å²) in [5, 5.41) is 0. The topological polar surface area (TPSA) is 0 Å². The quantitative estimate of drug-likeness (QED) is 0.254. The van der Waals surface area contributed by atoms with Crippen LogP contribution in [-0.2, 0) is 0 Å². The van der Waals surface area contributed by atoms with Crippen molar-refractivity contribution in [3.8, 4) is 0 Å². The van der Waals surface area contributed by atoms with Crippen LogP contribution in [0.4, 0.5) is 0 Å². The first-order valence-corrected chi connectivity index (χ1v) is 7.77. The third-order valence-corrected chi connectivity index (χ3v) is 3.41. The molecule has 0 amide bonds. The molecule has 0 aliphatic heterocycles. The van der Waals surface area contributed by atoms with Gasteiger partial charge in [0.15, 0.2) is 0 Å². The molecule has 17 heavy (non-hydrogen) atoms. The highest BCUT2D eigenvalue weighted by atomic mass is 14.0. The number of rotatable bonds is 13. The minimum Gasteiger partial charge on any atom is -0.0999 e. The van der Waals surface area contributed by atoms with Crippen LogP contribution in [0.1, 0.15) is 90.4 Å². The summed E-state index contributed by atoms with van der Waals surface area (Å²) in [6.07, 6.45) is 17.3. The fraction of sp³-hybridized carbons (Fsp3) is 0.824. The van der Waals surface area contributed by atoms with Gasteiger partial charge in [0, 0.05) is 0 Å². The van der Waals surface area contributed by atoms with E-state index in [2.05, 4.69) is 20.4 Å². The van der Waals surface area contributed by atoms with Gasteiger partial charge in [0.25, 0.3) is 0 Å². The SMILES string of the molecule is [CH2]CCCCCCC(=C)CCCCCCCC. The van der Waals surface area contributed by atoms with E-state index in [1.165, 1.54) is 82.6 Å². The Kier molecular flexibility index (Phi) is 13.6. The first kappa shape index (κ1) is 16.7. The maximum atomic E-state index is 4.19. The van der Waals surface area contributed by atoms with E-state index >= 15 is 0 Å². The van der Waals surface area contributed by atoms with Crippen LogP contribution in [0.2, 0.25) is 0 Å². The van der Waals surface area contributed by atoms with Gasteiger partial charge in [0.1, 0.15) is 0 Å². The van der Waals surface area contributed by atoms with Gasteiger partial charge in [-0.3, -0.25) is 0 Å². The lowest BCUT2D eigenvalue weighted by Crippen LogP contribution is -1.86. The van der Waals surface area contributed by atoms with Crippen molar-refractivity contribution in [1.82, 2.24) is 0 Å². The number of hydrogen-bond donors (Lipinski definition) is 0. The molecule has 0 heteroatoms. The van der Waals surface area contributed by atoms with Crippen molar-refractivity contribution in [3.63, 3.8) is 0 Å². The number of hydrogen-bond acceptors (Lipinski definition) is 0. The molecule has 0 saturated carbocycles. The van der Waals surface area contributed by atoms with Crippen LogP contribution in [0.15, 0.2) is 12.2 Å². The molecule has 0 aromatic carbocycles. The van der Waals surface area contributed by atoms with E-state index in [0.717, 1.165) is 6.42 Å². The van der Waals surface area contributed by atoms with Crippen LogP contribution in [0.25, 0.3) is 0 Å². The van der Waals surface area contributed by atoms with Gasteiger partial charge in [0.05, 0.1) is 0 Å². The lowest BCUT2D eigenvalue weighted by atomic mass is 10.0. The third kappa shape index (κ3) is 13.7. The lowest BCUT2D eigenvalue weighted by Gasteiger charge is -2.05. The molecule has 101 valence electrons. The second-order valence-corrected chi connectivity index (χ2v) is 5.29. The third-order valence-electron chi connectivity index (χ3n) is 3.41. The van der Waals surface area contributed by atoms with Gasteiger partial charge in [-0.1, -0.05) is 83.8 Å². The molecule has 0 fully saturated rings. The first-order valence-electron chi connectivity index (χ1n) is 7.77. The average Bonchev–Trinajstić information content (AvgIpc) is 2.33.